The Morgan fingerprint density at radius 3 is 2.32 bits per heavy atom. The van der Waals surface area contributed by atoms with Crippen LogP contribution in [0.25, 0.3) is 0 Å². The number of carbonyl (C=O) groups is 3. The first-order chi connectivity index (χ1) is 14.9. The minimum absolute atomic E-state index is 0.108. The van der Waals surface area contributed by atoms with E-state index < -0.39 is 5.97 Å². The van der Waals surface area contributed by atoms with Gasteiger partial charge in [0.2, 0.25) is 11.8 Å². The van der Waals surface area contributed by atoms with E-state index in [9.17, 15) is 14.4 Å². The summed E-state index contributed by atoms with van der Waals surface area (Å²) < 4.78 is 10.9. The summed E-state index contributed by atoms with van der Waals surface area (Å²) in [5.41, 5.74) is 2.69. The first-order valence-corrected chi connectivity index (χ1v) is 10.8. The van der Waals surface area contributed by atoms with Crippen molar-refractivity contribution in [1.29, 1.82) is 0 Å². The van der Waals surface area contributed by atoms with E-state index in [1.165, 1.54) is 4.90 Å². The van der Waals surface area contributed by atoms with Crippen LogP contribution in [0.1, 0.15) is 30.4 Å². The average molecular weight is 419 g/mol. The van der Waals surface area contributed by atoms with Gasteiger partial charge in [-0.05, 0) is 80.3 Å². The molecule has 31 heavy (non-hydrogen) atoms. The topological polar surface area (TPSA) is 72.9 Å². The number of fused-ring (bicyclic) bond motifs is 5. The van der Waals surface area contributed by atoms with Crippen molar-refractivity contribution in [3.63, 3.8) is 0 Å². The van der Waals surface area contributed by atoms with Crippen molar-refractivity contribution >= 4 is 23.5 Å². The summed E-state index contributed by atoms with van der Waals surface area (Å²) in [6.07, 6.45) is 3.08. The highest BCUT2D eigenvalue weighted by Gasteiger charge is 2.61. The Balaban J connectivity index is 1.26. The van der Waals surface area contributed by atoms with Crippen LogP contribution in [0.5, 0.6) is 11.5 Å². The van der Waals surface area contributed by atoms with Gasteiger partial charge in [-0.2, -0.15) is 0 Å². The maximum atomic E-state index is 13.0. The van der Waals surface area contributed by atoms with Crippen molar-refractivity contribution in [2.75, 3.05) is 11.5 Å². The van der Waals surface area contributed by atoms with Gasteiger partial charge in [0.1, 0.15) is 11.5 Å². The highest BCUT2D eigenvalue weighted by atomic mass is 16.6. The Kier molecular flexibility index (Phi) is 4.80. The average Bonchev–Trinajstić information content (AvgIpc) is 3.43. The van der Waals surface area contributed by atoms with E-state index in [0.29, 0.717) is 23.3 Å². The number of benzene rings is 2. The molecule has 0 N–H and O–H groups in total. The molecule has 6 heteroatoms. The Morgan fingerprint density at radius 2 is 1.65 bits per heavy atom. The number of anilines is 1. The lowest BCUT2D eigenvalue weighted by atomic mass is 9.81. The number of nitrogens with zero attached hydrogens (tertiary/aromatic N) is 1. The monoisotopic (exact) mass is 419 g/mol. The minimum atomic E-state index is -0.552. The second-order valence-corrected chi connectivity index (χ2v) is 8.90. The Bertz CT molecular complexity index is 1050. The molecule has 1 aliphatic heterocycles. The number of rotatable bonds is 5. The summed E-state index contributed by atoms with van der Waals surface area (Å²) in [6, 6.07) is 12.2. The molecule has 2 bridgehead atoms. The van der Waals surface area contributed by atoms with Gasteiger partial charge in [-0.1, -0.05) is 12.1 Å². The fourth-order valence-electron chi connectivity index (χ4n) is 5.46. The van der Waals surface area contributed by atoms with Gasteiger partial charge in [-0.25, -0.2) is 9.69 Å². The zero-order valence-electron chi connectivity index (χ0n) is 17.7. The highest BCUT2D eigenvalue weighted by molar-refractivity contribution is 6.22. The van der Waals surface area contributed by atoms with Crippen molar-refractivity contribution in [2.45, 2.75) is 33.1 Å². The number of imide groups is 1. The molecule has 3 aliphatic rings. The van der Waals surface area contributed by atoms with E-state index in [-0.39, 0.29) is 36.0 Å². The van der Waals surface area contributed by atoms with Crippen LogP contribution in [0.2, 0.25) is 0 Å². The number of hydrogen-bond donors (Lipinski definition) is 0. The van der Waals surface area contributed by atoms with Crippen molar-refractivity contribution in [1.82, 2.24) is 0 Å². The van der Waals surface area contributed by atoms with Gasteiger partial charge >= 0.3 is 5.97 Å². The summed E-state index contributed by atoms with van der Waals surface area (Å²) in [7, 11) is 0. The molecule has 2 saturated carbocycles. The van der Waals surface area contributed by atoms with E-state index in [1.54, 1.807) is 24.3 Å². The Morgan fingerprint density at radius 1 is 0.935 bits per heavy atom. The molecule has 0 aromatic heterocycles. The van der Waals surface area contributed by atoms with E-state index in [4.69, 9.17) is 9.47 Å². The molecule has 0 spiro atoms. The van der Waals surface area contributed by atoms with E-state index in [1.807, 2.05) is 32.0 Å². The van der Waals surface area contributed by atoms with Crippen molar-refractivity contribution in [3.05, 3.63) is 53.6 Å². The second-order valence-electron chi connectivity index (χ2n) is 8.90. The van der Waals surface area contributed by atoms with E-state index >= 15 is 0 Å². The molecule has 5 rings (SSSR count). The van der Waals surface area contributed by atoms with Crippen molar-refractivity contribution in [3.8, 4) is 11.5 Å². The predicted octanol–water partition coefficient (Wildman–Crippen LogP) is 3.82. The van der Waals surface area contributed by atoms with Crippen LogP contribution >= 0.6 is 0 Å². The Labute approximate surface area is 181 Å². The summed E-state index contributed by atoms with van der Waals surface area (Å²) in [5.74, 6) is 0.430. The highest BCUT2D eigenvalue weighted by Crippen LogP contribution is 2.56. The number of aryl methyl sites for hydroxylation is 2. The molecule has 1 heterocycles. The molecule has 3 fully saturated rings. The quantitative estimate of drug-likeness (QED) is 0.418. The normalized spacial score (nSPS) is 26.3. The van der Waals surface area contributed by atoms with Gasteiger partial charge in [0, 0.05) is 6.07 Å². The molecule has 2 aliphatic carbocycles. The van der Waals surface area contributed by atoms with E-state index in [2.05, 4.69) is 0 Å². The molecule has 1 saturated heterocycles. The third-order valence-corrected chi connectivity index (χ3v) is 7.07. The second kappa shape index (κ2) is 7.52. The lowest BCUT2D eigenvalue weighted by molar-refractivity contribution is -0.136. The molecule has 160 valence electrons. The van der Waals surface area contributed by atoms with Crippen LogP contribution in [0.4, 0.5) is 5.69 Å². The summed E-state index contributed by atoms with van der Waals surface area (Å²) in [5, 5.41) is 0. The van der Waals surface area contributed by atoms with Crippen LogP contribution in [0.15, 0.2) is 42.5 Å². The molecular formula is C25H25NO5. The predicted molar refractivity (Wildman–Crippen MR) is 114 cm³/mol. The molecule has 2 aromatic rings. The Hall–Kier alpha value is -3.15. The minimum Gasteiger partial charge on any atom is -0.482 e. The fourth-order valence-corrected chi connectivity index (χ4v) is 5.46. The third kappa shape index (κ3) is 3.40. The molecule has 2 aromatic carbocycles. The zero-order chi connectivity index (χ0) is 21.7. The largest absolute Gasteiger partial charge is 0.482 e. The number of hydrogen-bond acceptors (Lipinski definition) is 5. The number of ether oxygens (including phenoxy) is 2. The van der Waals surface area contributed by atoms with Gasteiger partial charge in [-0.15, -0.1) is 0 Å². The summed E-state index contributed by atoms with van der Waals surface area (Å²) >= 11 is 0. The summed E-state index contributed by atoms with van der Waals surface area (Å²) in [6.45, 7) is 3.75. The van der Waals surface area contributed by atoms with Crippen LogP contribution in [0.3, 0.4) is 0 Å². The van der Waals surface area contributed by atoms with Gasteiger partial charge in [0.05, 0.1) is 17.5 Å². The third-order valence-electron chi connectivity index (χ3n) is 7.07. The lowest BCUT2D eigenvalue weighted by Gasteiger charge is -2.19. The van der Waals surface area contributed by atoms with Gasteiger partial charge in [0.25, 0.3) is 0 Å². The summed E-state index contributed by atoms with van der Waals surface area (Å²) in [4.78, 5) is 39.6. The molecule has 0 unspecified atom stereocenters. The fraction of sp³-hybridized carbons (Fsp3) is 0.400. The smallest absolute Gasteiger partial charge is 0.349 e. The van der Waals surface area contributed by atoms with Gasteiger partial charge in [-0.3, -0.25) is 9.59 Å². The standard InChI is InChI=1S/C25H25NO5/c1-14-6-9-19(10-15(14)2)30-13-21(27)31-20-5-3-4-18(12-20)26-24(28)22-16-7-8-17(11-16)23(22)25(26)29/h3-6,9-10,12,16-17,22-23H,7-8,11,13H2,1-2H3/t16-,17-,22-,23+/m0/s1. The first-order valence-electron chi connectivity index (χ1n) is 10.8. The van der Waals surface area contributed by atoms with Crippen LogP contribution < -0.4 is 14.4 Å². The van der Waals surface area contributed by atoms with Crippen LogP contribution in [-0.2, 0) is 14.4 Å². The van der Waals surface area contributed by atoms with E-state index in [0.717, 1.165) is 30.4 Å². The van der Waals surface area contributed by atoms with Gasteiger partial charge < -0.3 is 9.47 Å². The zero-order valence-corrected chi connectivity index (χ0v) is 17.7. The van der Waals surface area contributed by atoms with Crippen LogP contribution in [-0.4, -0.2) is 24.4 Å². The number of carbonyl (C=O) groups excluding carboxylic acids is 3. The molecule has 4 atom stereocenters. The lowest BCUT2D eigenvalue weighted by Crippen LogP contribution is -2.32. The first kappa shape index (κ1) is 19.8. The number of amides is 2. The molecule has 6 nitrogen and oxygen atoms in total. The van der Waals surface area contributed by atoms with Crippen molar-refractivity contribution in [2.24, 2.45) is 23.7 Å². The maximum absolute atomic E-state index is 13.0. The molecule has 2 amide bonds. The molecular weight excluding hydrogens is 394 g/mol. The molecule has 0 radical (unpaired) electrons. The maximum Gasteiger partial charge on any atom is 0.349 e. The SMILES string of the molecule is Cc1ccc(OCC(=O)Oc2cccc(N3C(=O)[C@@H]4[C@H]5CC[C@@H](C5)[C@@H]4C3=O)c2)cc1C. The number of esters is 1. The van der Waals surface area contributed by atoms with Crippen LogP contribution in [0, 0.1) is 37.5 Å². The van der Waals surface area contributed by atoms with Crippen molar-refractivity contribution < 1.29 is 23.9 Å². The van der Waals surface area contributed by atoms with Gasteiger partial charge in [0.15, 0.2) is 6.61 Å².